The third-order valence-electron chi connectivity index (χ3n) is 10.1. The molecule has 4 heterocycles. The molecule has 0 spiro atoms. The summed E-state index contributed by atoms with van der Waals surface area (Å²) in [5.74, 6) is 0. The van der Waals surface area contributed by atoms with Gasteiger partial charge in [-0.25, -0.2) is 0 Å². The lowest BCUT2D eigenvalue weighted by molar-refractivity contribution is 0.596. The lowest BCUT2D eigenvalue weighted by Crippen LogP contribution is -2.59. The van der Waals surface area contributed by atoms with Gasteiger partial charge < -0.3 is 9.13 Å². The molecule has 0 bridgehead atoms. The zero-order chi connectivity index (χ0) is 30.8. The van der Waals surface area contributed by atoms with E-state index in [1.54, 1.807) is 0 Å². The molecule has 2 nitrogen and oxygen atoms in total. The summed E-state index contributed by atoms with van der Waals surface area (Å²) in [6.45, 7) is 14.3. The van der Waals surface area contributed by atoms with E-state index in [0.29, 0.717) is 0 Å². The van der Waals surface area contributed by atoms with Crippen molar-refractivity contribution in [3.05, 3.63) is 126 Å². The third kappa shape index (κ3) is 3.47. The SMILES string of the molecule is CC(C)(C)c1c(-c2ccccc2)n2c3c(cccc13)B1c3c-2cccc3-n2c(-c3ccccc3)c(C(C)(C)C)c3cccc1c32. The highest BCUT2D eigenvalue weighted by Crippen LogP contribution is 2.46. The van der Waals surface area contributed by atoms with Crippen molar-refractivity contribution < 1.29 is 0 Å². The van der Waals surface area contributed by atoms with Crippen LogP contribution in [0.15, 0.2) is 115 Å². The van der Waals surface area contributed by atoms with Gasteiger partial charge in [0.1, 0.15) is 0 Å². The van der Waals surface area contributed by atoms with E-state index in [-0.39, 0.29) is 17.5 Å². The van der Waals surface area contributed by atoms with Crippen molar-refractivity contribution in [2.45, 2.75) is 52.4 Å². The van der Waals surface area contributed by atoms with Gasteiger partial charge in [-0.15, -0.1) is 0 Å². The molecule has 0 N–H and O–H groups in total. The summed E-state index contributed by atoms with van der Waals surface area (Å²) in [5.41, 5.74) is 17.4. The van der Waals surface area contributed by atoms with Crippen LogP contribution in [0.5, 0.6) is 0 Å². The molecule has 0 saturated heterocycles. The van der Waals surface area contributed by atoms with Crippen molar-refractivity contribution in [3.8, 4) is 33.9 Å². The Morgan fingerprint density at radius 3 is 1.24 bits per heavy atom. The van der Waals surface area contributed by atoms with Crippen LogP contribution in [0.3, 0.4) is 0 Å². The Morgan fingerprint density at radius 1 is 0.444 bits per heavy atom. The first-order valence-corrected chi connectivity index (χ1v) is 16.3. The van der Waals surface area contributed by atoms with Crippen LogP contribution in [0.1, 0.15) is 52.7 Å². The second-order valence-corrected chi connectivity index (χ2v) is 15.0. The Bertz CT molecular complexity index is 2160. The average molecular weight is 581 g/mol. The fourth-order valence-electron chi connectivity index (χ4n) is 8.64. The minimum atomic E-state index is -0.0432. The van der Waals surface area contributed by atoms with Crippen LogP contribution in [0, 0.1) is 0 Å². The molecule has 3 heteroatoms. The Kier molecular flexibility index (Phi) is 5.28. The first-order chi connectivity index (χ1) is 21.7. The van der Waals surface area contributed by atoms with Gasteiger partial charge in [0.05, 0.1) is 11.4 Å². The largest absolute Gasteiger partial charge is 0.310 e. The Labute approximate surface area is 266 Å². The number of nitrogens with zero attached hydrogens (tertiary/aromatic N) is 2. The van der Waals surface area contributed by atoms with Gasteiger partial charge >= 0.3 is 0 Å². The third-order valence-corrected chi connectivity index (χ3v) is 10.1. The van der Waals surface area contributed by atoms with Gasteiger partial charge in [-0.2, -0.15) is 0 Å². The summed E-state index contributed by atoms with van der Waals surface area (Å²) in [7, 11) is 0. The highest BCUT2D eigenvalue weighted by molar-refractivity contribution is 7.00. The number of benzene rings is 5. The number of para-hydroxylation sites is 2. The smallest absolute Gasteiger partial charge is 0.252 e. The van der Waals surface area contributed by atoms with E-state index in [9.17, 15) is 0 Å². The summed E-state index contributed by atoms with van der Waals surface area (Å²) in [5, 5.41) is 2.73. The predicted octanol–water partition coefficient (Wildman–Crippen LogP) is 8.65. The maximum absolute atomic E-state index is 2.61. The average Bonchev–Trinajstić information content (AvgIpc) is 3.58. The molecule has 7 aromatic rings. The summed E-state index contributed by atoms with van der Waals surface area (Å²) in [4.78, 5) is 0. The summed E-state index contributed by atoms with van der Waals surface area (Å²) >= 11 is 0. The van der Waals surface area contributed by atoms with Crippen LogP contribution in [0.25, 0.3) is 55.7 Å². The van der Waals surface area contributed by atoms with Gasteiger partial charge in [-0.05, 0) is 61.6 Å². The molecule has 2 aliphatic rings. The van der Waals surface area contributed by atoms with Crippen molar-refractivity contribution >= 4 is 44.9 Å². The molecule has 0 aliphatic carbocycles. The van der Waals surface area contributed by atoms with Crippen molar-refractivity contribution in [3.63, 3.8) is 0 Å². The van der Waals surface area contributed by atoms with Crippen molar-refractivity contribution in [1.29, 1.82) is 0 Å². The van der Waals surface area contributed by atoms with E-state index < -0.39 is 0 Å². The van der Waals surface area contributed by atoms with Crippen molar-refractivity contribution in [1.82, 2.24) is 9.13 Å². The lowest BCUT2D eigenvalue weighted by Gasteiger charge is -2.34. The highest BCUT2D eigenvalue weighted by atomic mass is 15.0. The summed E-state index contributed by atoms with van der Waals surface area (Å²) in [6, 6.07) is 43.1. The second kappa shape index (κ2) is 8.91. The van der Waals surface area contributed by atoms with Gasteiger partial charge in [-0.1, -0.05) is 145 Å². The van der Waals surface area contributed by atoms with Crippen molar-refractivity contribution in [2.75, 3.05) is 0 Å². The minimum Gasteiger partial charge on any atom is -0.310 e. The molecule has 0 fully saturated rings. The predicted molar refractivity (Wildman–Crippen MR) is 193 cm³/mol. The maximum atomic E-state index is 2.61. The topological polar surface area (TPSA) is 9.86 Å². The van der Waals surface area contributed by atoms with Gasteiger partial charge in [0.2, 0.25) is 0 Å². The molecule has 0 atom stereocenters. The highest BCUT2D eigenvalue weighted by Gasteiger charge is 2.43. The summed E-state index contributed by atoms with van der Waals surface area (Å²) in [6.07, 6.45) is 0. The first kappa shape index (κ1) is 26.6. The normalized spacial score (nSPS) is 13.5. The van der Waals surface area contributed by atoms with Gasteiger partial charge in [0.25, 0.3) is 6.71 Å². The zero-order valence-corrected chi connectivity index (χ0v) is 26.9. The van der Waals surface area contributed by atoms with Gasteiger partial charge in [-0.3, -0.25) is 0 Å². The number of rotatable bonds is 2. The van der Waals surface area contributed by atoms with E-state index in [1.807, 2.05) is 0 Å². The molecule has 2 aromatic heterocycles. The molecule has 2 aliphatic heterocycles. The lowest BCUT2D eigenvalue weighted by atomic mass is 9.34. The Hall–Kier alpha value is -4.76. The number of hydrogen-bond acceptors (Lipinski definition) is 0. The summed E-state index contributed by atoms with van der Waals surface area (Å²) < 4.78 is 5.22. The molecular formula is C42H37BN2. The molecule has 218 valence electrons. The molecule has 5 aromatic carbocycles. The van der Waals surface area contributed by atoms with Gasteiger partial charge in [0.15, 0.2) is 0 Å². The van der Waals surface area contributed by atoms with E-state index in [1.165, 1.54) is 83.2 Å². The van der Waals surface area contributed by atoms with E-state index >= 15 is 0 Å². The standard InChI is InChI=1S/C42H37BN2/c1-41(2,3)34-28-20-13-22-30-39(28)44(37(34)26-16-9-7-10-17-26)32-24-15-25-33-36(32)43(30)31-23-14-21-29-35(42(4,5)6)38(45(33)40(29)31)27-18-11-8-12-19-27/h7-25H,1-6H3. The van der Waals surface area contributed by atoms with Crippen LogP contribution in [0.2, 0.25) is 0 Å². The Morgan fingerprint density at radius 2 is 0.844 bits per heavy atom. The number of fused-ring (bicyclic) bond motifs is 4. The fraction of sp³-hybridized carbons (Fsp3) is 0.190. The quantitative estimate of drug-likeness (QED) is 0.181. The van der Waals surface area contributed by atoms with Crippen molar-refractivity contribution in [2.24, 2.45) is 0 Å². The molecule has 45 heavy (non-hydrogen) atoms. The van der Waals surface area contributed by atoms with Crippen LogP contribution in [-0.4, -0.2) is 15.8 Å². The number of aromatic nitrogens is 2. The van der Waals surface area contributed by atoms with E-state index in [2.05, 4.69) is 166 Å². The van der Waals surface area contributed by atoms with E-state index in [0.717, 1.165) is 0 Å². The van der Waals surface area contributed by atoms with Crippen LogP contribution in [-0.2, 0) is 10.8 Å². The monoisotopic (exact) mass is 580 g/mol. The second-order valence-electron chi connectivity index (χ2n) is 15.0. The van der Waals surface area contributed by atoms with Crippen LogP contribution >= 0.6 is 0 Å². The number of hydrogen-bond donors (Lipinski definition) is 0. The molecule has 0 amide bonds. The Balaban J connectivity index is 1.50. The first-order valence-electron chi connectivity index (χ1n) is 16.3. The van der Waals surface area contributed by atoms with E-state index in [4.69, 9.17) is 0 Å². The molecule has 0 radical (unpaired) electrons. The van der Waals surface area contributed by atoms with Crippen LogP contribution < -0.4 is 16.4 Å². The van der Waals surface area contributed by atoms with Crippen LogP contribution in [0.4, 0.5) is 0 Å². The minimum absolute atomic E-state index is 0.0432. The molecule has 0 unspecified atom stereocenters. The van der Waals surface area contributed by atoms with Gasteiger partial charge in [0, 0.05) is 33.2 Å². The molecular weight excluding hydrogens is 543 g/mol. The fourth-order valence-corrected chi connectivity index (χ4v) is 8.64. The molecule has 9 rings (SSSR count). The zero-order valence-electron chi connectivity index (χ0n) is 26.9. The molecule has 0 saturated carbocycles. The maximum Gasteiger partial charge on any atom is 0.252 e.